The maximum Gasteiger partial charge on any atom is 0.338 e. The number of esters is 1. The van der Waals surface area contributed by atoms with E-state index in [-0.39, 0.29) is 22.9 Å². The van der Waals surface area contributed by atoms with Crippen molar-refractivity contribution in [2.24, 2.45) is 5.92 Å². The van der Waals surface area contributed by atoms with Crippen LogP contribution in [0.15, 0.2) is 18.2 Å². The van der Waals surface area contributed by atoms with Gasteiger partial charge in [0.25, 0.3) is 5.91 Å². The fourth-order valence-corrected chi connectivity index (χ4v) is 2.87. The minimum absolute atomic E-state index is 0.00687. The molecule has 0 atom stereocenters. The Hall–Kier alpha value is -2.64. The summed E-state index contributed by atoms with van der Waals surface area (Å²) in [6.07, 6.45) is 5.83. The summed E-state index contributed by atoms with van der Waals surface area (Å²) in [5, 5.41) is 13.7. The van der Waals surface area contributed by atoms with E-state index < -0.39 is 17.5 Å². The molecule has 0 saturated heterocycles. The quantitative estimate of drug-likeness (QED) is 0.460. The van der Waals surface area contributed by atoms with Crippen LogP contribution in [0.2, 0.25) is 0 Å². The molecule has 8 nitrogen and oxygen atoms in total. The number of amides is 1. The Kier molecular flexibility index (Phi) is 6.73. The lowest BCUT2D eigenvalue weighted by Gasteiger charge is -2.21. The summed E-state index contributed by atoms with van der Waals surface area (Å²) in [4.78, 5) is 34.1. The van der Waals surface area contributed by atoms with Crippen LogP contribution in [-0.2, 0) is 9.53 Å². The third-order valence-electron chi connectivity index (χ3n) is 4.26. The van der Waals surface area contributed by atoms with Crippen molar-refractivity contribution in [1.29, 1.82) is 0 Å². The maximum absolute atomic E-state index is 12.0. The Morgan fingerprint density at radius 1 is 1.28 bits per heavy atom. The normalized spacial score (nSPS) is 14.6. The highest BCUT2D eigenvalue weighted by molar-refractivity contribution is 5.92. The van der Waals surface area contributed by atoms with Gasteiger partial charge in [-0.3, -0.25) is 14.9 Å². The third-order valence-corrected chi connectivity index (χ3v) is 4.26. The van der Waals surface area contributed by atoms with Crippen LogP contribution >= 0.6 is 0 Å². The molecule has 1 N–H and O–H groups in total. The van der Waals surface area contributed by atoms with E-state index >= 15 is 0 Å². The molecule has 1 aliphatic carbocycles. The predicted octanol–water partition coefficient (Wildman–Crippen LogP) is 2.46. The van der Waals surface area contributed by atoms with Crippen molar-refractivity contribution < 1.29 is 24.0 Å². The second kappa shape index (κ2) is 9.00. The third kappa shape index (κ3) is 5.44. The lowest BCUT2D eigenvalue weighted by molar-refractivity contribution is -0.385. The van der Waals surface area contributed by atoms with Crippen LogP contribution in [0.4, 0.5) is 5.69 Å². The molecule has 1 aliphatic rings. The van der Waals surface area contributed by atoms with Gasteiger partial charge in [-0.1, -0.05) is 19.3 Å². The van der Waals surface area contributed by atoms with E-state index in [1.165, 1.54) is 38.5 Å². The Labute approximate surface area is 145 Å². The van der Waals surface area contributed by atoms with Gasteiger partial charge in [0.05, 0.1) is 17.6 Å². The van der Waals surface area contributed by atoms with Crippen LogP contribution in [-0.4, -0.2) is 37.1 Å². The van der Waals surface area contributed by atoms with Gasteiger partial charge in [0.1, 0.15) is 0 Å². The molecule has 0 aromatic heterocycles. The molecule has 1 aromatic carbocycles. The number of methoxy groups -OCH3 is 1. The summed E-state index contributed by atoms with van der Waals surface area (Å²) in [6, 6.07) is 3.74. The summed E-state index contributed by atoms with van der Waals surface area (Å²) in [7, 11) is 1.30. The minimum atomic E-state index is -0.793. The van der Waals surface area contributed by atoms with Gasteiger partial charge in [0, 0.05) is 12.6 Å². The van der Waals surface area contributed by atoms with Crippen LogP contribution in [0.25, 0.3) is 0 Å². The second-order valence-electron chi connectivity index (χ2n) is 6.03. The van der Waals surface area contributed by atoms with Crippen molar-refractivity contribution in [3.05, 3.63) is 33.9 Å². The van der Waals surface area contributed by atoms with Crippen LogP contribution < -0.4 is 10.1 Å². The molecule has 0 bridgehead atoms. The molecule has 1 amide bonds. The minimum Gasteiger partial charge on any atom is -0.490 e. The first-order valence-corrected chi connectivity index (χ1v) is 8.27. The fraction of sp³-hybridized carbons (Fsp3) is 0.529. The van der Waals surface area contributed by atoms with Crippen molar-refractivity contribution in [3.8, 4) is 5.75 Å². The van der Waals surface area contributed by atoms with E-state index in [2.05, 4.69) is 5.32 Å². The van der Waals surface area contributed by atoms with E-state index in [1.54, 1.807) is 0 Å². The highest BCUT2D eigenvalue weighted by atomic mass is 16.6. The number of nitro groups is 1. The van der Waals surface area contributed by atoms with Gasteiger partial charge in [0.15, 0.2) is 12.4 Å². The average Bonchev–Trinajstić information content (AvgIpc) is 2.64. The number of nitro benzene ring substituents is 1. The molecule has 1 saturated carbocycles. The van der Waals surface area contributed by atoms with E-state index in [4.69, 9.17) is 9.47 Å². The van der Waals surface area contributed by atoms with Crippen molar-refractivity contribution in [3.63, 3.8) is 0 Å². The van der Waals surface area contributed by atoms with Gasteiger partial charge in [-0.15, -0.1) is 0 Å². The van der Waals surface area contributed by atoms with Crippen LogP contribution in [0.3, 0.4) is 0 Å². The first-order valence-electron chi connectivity index (χ1n) is 8.27. The highest BCUT2D eigenvalue weighted by Gasteiger charge is 2.20. The highest BCUT2D eigenvalue weighted by Crippen LogP contribution is 2.27. The first kappa shape index (κ1) is 18.7. The predicted molar refractivity (Wildman–Crippen MR) is 89.5 cm³/mol. The molecular weight excluding hydrogens is 328 g/mol. The number of nitrogens with zero attached hydrogens (tertiary/aromatic N) is 1. The number of hydrogen-bond acceptors (Lipinski definition) is 6. The number of benzene rings is 1. The zero-order valence-electron chi connectivity index (χ0n) is 14.2. The van der Waals surface area contributed by atoms with Crippen molar-refractivity contribution >= 4 is 17.6 Å². The number of ether oxygens (including phenoxy) is 2. The molecular formula is C17H22N2O6. The van der Waals surface area contributed by atoms with Crippen molar-refractivity contribution in [2.75, 3.05) is 20.3 Å². The van der Waals surface area contributed by atoms with Gasteiger partial charge in [-0.05, 0) is 30.9 Å². The summed E-state index contributed by atoms with van der Waals surface area (Å²) in [6.45, 7) is 0.176. The number of nitrogens with one attached hydrogen (secondary N) is 1. The van der Waals surface area contributed by atoms with E-state index in [9.17, 15) is 19.7 Å². The molecule has 1 fully saturated rings. The SMILES string of the molecule is COc1ccc(C(=O)OCC(=O)NCC2CCCCC2)cc1[N+](=O)[O-]. The van der Waals surface area contributed by atoms with Crippen molar-refractivity contribution in [2.45, 2.75) is 32.1 Å². The Bertz CT molecular complexity index is 640. The number of rotatable bonds is 7. The van der Waals surface area contributed by atoms with E-state index in [0.717, 1.165) is 18.9 Å². The molecule has 1 aromatic rings. The fourth-order valence-electron chi connectivity index (χ4n) is 2.87. The van der Waals surface area contributed by atoms with Gasteiger partial charge in [-0.2, -0.15) is 0 Å². The Morgan fingerprint density at radius 3 is 2.64 bits per heavy atom. The summed E-state index contributed by atoms with van der Waals surface area (Å²) in [5.41, 5.74) is -0.341. The van der Waals surface area contributed by atoms with Gasteiger partial charge in [-0.25, -0.2) is 4.79 Å². The molecule has 8 heteroatoms. The number of hydrogen-bond donors (Lipinski definition) is 1. The van der Waals surface area contributed by atoms with Crippen molar-refractivity contribution in [1.82, 2.24) is 5.32 Å². The molecule has 0 spiro atoms. The zero-order chi connectivity index (χ0) is 18.2. The maximum atomic E-state index is 12.0. The van der Waals surface area contributed by atoms with E-state index in [1.807, 2.05) is 0 Å². The van der Waals surface area contributed by atoms with Gasteiger partial charge < -0.3 is 14.8 Å². The Morgan fingerprint density at radius 2 is 2.00 bits per heavy atom. The molecule has 2 rings (SSSR count). The summed E-state index contributed by atoms with van der Waals surface area (Å²) >= 11 is 0. The topological polar surface area (TPSA) is 108 Å². The lowest BCUT2D eigenvalue weighted by Crippen LogP contribution is -2.33. The van der Waals surface area contributed by atoms with Gasteiger partial charge >= 0.3 is 11.7 Å². The monoisotopic (exact) mass is 350 g/mol. The van der Waals surface area contributed by atoms with Crippen LogP contribution in [0, 0.1) is 16.0 Å². The number of carbonyl (C=O) groups excluding carboxylic acids is 2. The lowest BCUT2D eigenvalue weighted by atomic mass is 9.89. The molecule has 0 unspecified atom stereocenters. The van der Waals surface area contributed by atoms with Crippen LogP contribution in [0.1, 0.15) is 42.5 Å². The smallest absolute Gasteiger partial charge is 0.338 e. The molecule has 25 heavy (non-hydrogen) atoms. The zero-order valence-corrected chi connectivity index (χ0v) is 14.2. The molecule has 0 radical (unpaired) electrons. The van der Waals surface area contributed by atoms with Crippen LogP contribution in [0.5, 0.6) is 5.75 Å². The van der Waals surface area contributed by atoms with E-state index in [0.29, 0.717) is 12.5 Å². The molecule has 136 valence electrons. The molecule has 0 aliphatic heterocycles. The summed E-state index contributed by atoms with van der Waals surface area (Å²) < 4.78 is 9.79. The standard InChI is InChI=1S/C17H22N2O6/c1-24-15-8-7-13(9-14(15)19(22)23)17(21)25-11-16(20)18-10-12-5-3-2-4-6-12/h7-9,12H,2-6,10-11H2,1H3,(H,18,20). The first-order chi connectivity index (χ1) is 12.0. The molecule has 0 heterocycles. The second-order valence-corrected chi connectivity index (χ2v) is 6.03. The largest absolute Gasteiger partial charge is 0.490 e. The van der Waals surface area contributed by atoms with Gasteiger partial charge in [0.2, 0.25) is 0 Å². The Balaban J connectivity index is 1.84. The number of carbonyl (C=O) groups is 2. The average molecular weight is 350 g/mol. The summed E-state index contributed by atoms with van der Waals surface area (Å²) in [5.74, 6) is -0.634.